The number of hydrogen-bond donors (Lipinski definition) is 2. The van der Waals surface area contributed by atoms with Crippen molar-refractivity contribution in [2.24, 2.45) is 0 Å². The minimum Gasteiger partial charge on any atom is -0.395 e. The number of nitrogens with one attached hydrogen (secondary N) is 1. The van der Waals surface area contributed by atoms with Crippen molar-refractivity contribution in [2.75, 3.05) is 6.61 Å². The number of hydrogen-bond acceptors (Lipinski definition) is 3. The zero-order valence-corrected chi connectivity index (χ0v) is 11.7. The van der Waals surface area contributed by atoms with Gasteiger partial charge in [-0.1, -0.05) is 30.0 Å². The van der Waals surface area contributed by atoms with E-state index in [2.05, 4.69) is 17.2 Å². The van der Waals surface area contributed by atoms with Crippen molar-refractivity contribution in [1.29, 1.82) is 0 Å². The second kappa shape index (κ2) is 7.49. The molecule has 1 aromatic heterocycles. The maximum absolute atomic E-state index is 11.9. The Hall–Kier alpha value is -2.09. The number of benzene rings is 1. The van der Waals surface area contributed by atoms with Gasteiger partial charge in [-0.05, 0) is 18.2 Å². The van der Waals surface area contributed by atoms with Crippen molar-refractivity contribution in [3.63, 3.8) is 0 Å². The second-order valence-electron chi connectivity index (χ2n) is 4.13. The number of thiophene rings is 1. The van der Waals surface area contributed by atoms with E-state index in [0.717, 1.165) is 10.4 Å². The first-order valence-electron chi connectivity index (χ1n) is 6.30. The molecule has 1 aromatic carbocycles. The molecule has 0 aliphatic carbocycles. The Morgan fingerprint density at radius 1 is 1.30 bits per heavy atom. The molecule has 2 N–H and O–H groups in total. The van der Waals surface area contributed by atoms with Crippen LogP contribution in [0, 0.1) is 11.8 Å². The second-order valence-corrected chi connectivity index (χ2v) is 5.12. The molecule has 3 nitrogen and oxygen atoms in total. The van der Waals surface area contributed by atoms with E-state index in [4.69, 9.17) is 5.11 Å². The van der Waals surface area contributed by atoms with Crippen LogP contribution in [0.3, 0.4) is 0 Å². The van der Waals surface area contributed by atoms with Crippen molar-refractivity contribution < 1.29 is 9.90 Å². The molecule has 2 rings (SSSR count). The molecule has 0 bridgehead atoms. The molecule has 20 heavy (non-hydrogen) atoms. The first-order chi connectivity index (χ1) is 9.79. The Morgan fingerprint density at radius 2 is 2.10 bits per heavy atom. The van der Waals surface area contributed by atoms with Crippen LogP contribution in [-0.2, 0) is 6.54 Å². The average molecular weight is 285 g/mol. The van der Waals surface area contributed by atoms with Crippen LogP contribution in [0.15, 0.2) is 41.8 Å². The van der Waals surface area contributed by atoms with E-state index in [1.54, 1.807) is 23.5 Å². The molecule has 1 heterocycles. The van der Waals surface area contributed by atoms with Gasteiger partial charge in [0.25, 0.3) is 5.91 Å². The van der Waals surface area contributed by atoms with Gasteiger partial charge in [0, 0.05) is 27.8 Å². The average Bonchev–Trinajstić information content (AvgIpc) is 2.94. The fraction of sp³-hybridized carbons (Fsp3) is 0.188. The van der Waals surface area contributed by atoms with Crippen molar-refractivity contribution in [2.45, 2.75) is 13.0 Å². The van der Waals surface area contributed by atoms with Gasteiger partial charge in [0.1, 0.15) is 0 Å². The summed E-state index contributed by atoms with van der Waals surface area (Å²) in [6.07, 6.45) is 0.482. The molecular weight excluding hydrogens is 270 g/mol. The minimum atomic E-state index is -0.0769. The molecule has 2 aromatic rings. The van der Waals surface area contributed by atoms with Crippen LogP contribution >= 0.6 is 11.3 Å². The first-order valence-corrected chi connectivity index (χ1v) is 7.18. The van der Waals surface area contributed by atoms with E-state index in [9.17, 15) is 4.79 Å². The van der Waals surface area contributed by atoms with Gasteiger partial charge in [-0.2, -0.15) is 0 Å². The molecule has 0 spiro atoms. The van der Waals surface area contributed by atoms with Crippen LogP contribution < -0.4 is 5.32 Å². The number of carbonyl (C=O) groups excluding carboxylic acids is 1. The largest absolute Gasteiger partial charge is 0.395 e. The Morgan fingerprint density at radius 3 is 2.85 bits per heavy atom. The van der Waals surface area contributed by atoms with Gasteiger partial charge in [-0.3, -0.25) is 4.79 Å². The zero-order valence-electron chi connectivity index (χ0n) is 10.9. The predicted octanol–water partition coefficient (Wildman–Crippen LogP) is 2.41. The van der Waals surface area contributed by atoms with E-state index in [0.29, 0.717) is 18.5 Å². The third kappa shape index (κ3) is 4.23. The monoisotopic (exact) mass is 285 g/mol. The highest BCUT2D eigenvalue weighted by Crippen LogP contribution is 2.13. The highest BCUT2D eigenvalue weighted by atomic mass is 32.1. The summed E-state index contributed by atoms with van der Waals surface area (Å²) in [5, 5.41) is 13.5. The van der Waals surface area contributed by atoms with Crippen LogP contribution in [0.25, 0.3) is 0 Å². The van der Waals surface area contributed by atoms with Gasteiger partial charge in [0.2, 0.25) is 0 Å². The summed E-state index contributed by atoms with van der Waals surface area (Å²) in [5.74, 6) is 5.77. The van der Waals surface area contributed by atoms with Crippen LogP contribution in [0.1, 0.15) is 27.2 Å². The molecule has 1 amide bonds. The Kier molecular flexibility index (Phi) is 5.36. The van der Waals surface area contributed by atoms with Crippen molar-refractivity contribution in [3.8, 4) is 11.8 Å². The van der Waals surface area contributed by atoms with Gasteiger partial charge >= 0.3 is 0 Å². The molecule has 0 radical (unpaired) electrons. The highest BCUT2D eigenvalue weighted by Gasteiger charge is 2.04. The highest BCUT2D eigenvalue weighted by molar-refractivity contribution is 7.10. The van der Waals surface area contributed by atoms with E-state index < -0.39 is 0 Å². The minimum absolute atomic E-state index is 0.0769. The lowest BCUT2D eigenvalue weighted by Crippen LogP contribution is -2.22. The van der Waals surface area contributed by atoms with Crippen LogP contribution in [0.4, 0.5) is 0 Å². The number of rotatable bonds is 4. The summed E-state index contributed by atoms with van der Waals surface area (Å²) in [6, 6.07) is 11.1. The summed E-state index contributed by atoms with van der Waals surface area (Å²) in [5.41, 5.74) is 1.58. The maximum atomic E-state index is 11.9. The van der Waals surface area contributed by atoms with E-state index >= 15 is 0 Å². The Bertz CT molecular complexity index is 623. The first kappa shape index (κ1) is 14.3. The lowest BCUT2D eigenvalue weighted by Gasteiger charge is -2.02. The Labute approximate surface area is 122 Å². The van der Waals surface area contributed by atoms with Crippen LogP contribution in [0.5, 0.6) is 0 Å². The van der Waals surface area contributed by atoms with Gasteiger partial charge in [-0.25, -0.2) is 0 Å². The summed E-state index contributed by atoms with van der Waals surface area (Å²) in [6.45, 7) is 0.581. The fourth-order valence-corrected chi connectivity index (χ4v) is 2.37. The molecule has 0 fully saturated rings. The number of carbonyl (C=O) groups is 1. The normalized spacial score (nSPS) is 9.65. The SMILES string of the molecule is O=C(NCc1cc(C#CCCO)cs1)c1ccccc1. The van der Waals surface area contributed by atoms with E-state index in [1.807, 2.05) is 29.6 Å². The molecular formula is C16H15NO2S. The molecule has 0 saturated carbocycles. The summed E-state index contributed by atoms with van der Waals surface area (Å²) < 4.78 is 0. The predicted molar refractivity (Wildman–Crippen MR) is 80.5 cm³/mol. The van der Waals surface area contributed by atoms with Gasteiger partial charge in [0.05, 0.1) is 13.2 Å². The summed E-state index contributed by atoms with van der Waals surface area (Å²) >= 11 is 1.57. The van der Waals surface area contributed by atoms with Gasteiger partial charge in [-0.15, -0.1) is 11.3 Å². The fourth-order valence-electron chi connectivity index (χ4n) is 1.62. The van der Waals surface area contributed by atoms with Crippen molar-refractivity contribution >= 4 is 17.2 Å². The third-order valence-corrected chi connectivity index (χ3v) is 3.52. The van der Waals surface area contributed by atoms with Gasteiger partial charge < -0.3 is 10.4 Å². The lowest BCUT2D eigenvalue weighted by atomic mass is 10.2. The number of aliphatic hydroxyl groups excluding tert-OH is 1. The maximum Gasteiger partial charge on any atom is 0.251 e. The number of amides is 1. The lowest BCUT2D eigenvalue weighted by molar-refractivity contribution is 0.0951. The number of aliphatic hydroxyl groups is 1. The third-order valence-electron chi connectivity index (χ3n) is 2.58. The molecule has 0 saturated heterocycles. The smallest absolute Gasteiger partial charge is 0.251 e. The quantitative estimate of drug-likeness (QED) is 0.848. The van der Waals surface area contributed by atoms with Crippen molar-refractivity contribution in [3.05, 3.63) is 57.8 Å². The standard InChI is InChI=1S/C16H15NO2S/c18-9-5-4-6-13-10-15(20-12-13)11-17-16(19)14-7-2-1-3-8-14/h1-3,7-8,10,12,18H,5,9,11H2,(H,17,19). The zero-order chi connectivity index (χ0) is 14.2. The molecule has 102 valence electrons. The summed E-state index contributed by atoms with van der Waals surface area (Å²) in [7, 11) is 0. The Balaban J connectivity index is 1.89. The molecule has 0 aliphatic rings. The molecule has 0 unspecified atom stereocenters. The van der Waals surface area contributed by atoms with E-state index in [1.165, 1.54) is 0 Å². The van der Waals surface area contributed by atoms with E-state index in [-0.39, 0.29) is 12.5 Å². The summed E-state index contributed by atoms with van der Waals surface area (Å²) in [4.78, 5) is 12.9. The molecule has 0 atom stereocenters. The van der Waals surface area contributed by atoms with Crippen LogP contribution in [-0.4, -0.2) is 17.6 Å². The topological polar surface area (TPSA) is 49.3 Å². The molecule has 4 heteroatoms. The van der Waals surface area contributed by atoms with Gasteiger partial charge in [0.15, 0.2) is 0 Å². The van der Waals surface area contributed by atoms with Crippen molar-refractivity contribution in [1.82, 2.24) is 5.32 Å². The molecule has 0 aliphatic heterocycles. The van der Waals surface area contributed by atoms with Crippen LogP contribution in [0.2, 0.25) is 0 Å².